The molecule has 2 amide bonds. The quantitative estimate of drug-likeness (QED) is 0.772. The van der Waals surface area contributed by atoms with E-state index in [1.54, 1.807) is 29.7 Å². The second-order valence-electron chi connectivity index (χ2n) is 5.89. The molecule has 1 heterocycles. The van der Waals surface area contributed by atoms with Crippen LogP contribution in [-0.2, 0) is 23.2 Å². The van der Waals surface area contributed by atoms with Gasteiger partial charge in [-0.3, -0.25) is 14.3 Å². The summed E-state index contributed by atoms with van der Waals surface area (Å²) in [5.41, 5.74) is 2.47. The molecule has 26 heavy (non-hydrogen) atoms. The van der Waals surface area contributed by atoms with Crippen LogP contribution in [0.15, 0.2) is 36.7 Å². The SMILES string of the molecule is CCN(Cc1cccc(NC(=O)C(NC)c2cnn(C)c2)c1)C(C)=O.Cl. The number of nitrogens with one attached hydrogen (secondary N) is 2. The minimum atomic E-state index is -0.485. The molecule has 0 radical (unpaired) electrons. The lowest BCUT2D eigenvalue weighted by Gasteiger charge is -2.19. The Kier molecular flexibility index (Phi) is 8.28. The lowest BCUT2D eigenvalue weighted by atomic mass is 10.1. The van der Waals surface area contributed by atoms with Crippen LogP contribution >= 0.6 is 12.4 Å². The molecule has 1 unspecified atom stereocenters. The number of carbonyl (C=O) groups is 2. The number of benzene rings is 1. The molecule has 142 valence electrons. The van der Waals surface area contributed by atoms with Crippen LogP contribution in [0.5, 0.6) is 0 Å². The molecule has 0 aliphatic heterocycles. The average Bonchev–Trinajstić information content (AvgIpc) is 2.99. The molecule has 7 nitrogen and oxygen atoms in total. The monoisotopic (exact) mass is 379 g/mol. The molecule has 0 spiro atoms. The summed E-state index contributed by atoms with van der Waals surface area (Å²) in [5.74, 6) is -0.129. The van der Waals surface area contributed by atoms with Crippen LogP contribution in [0.2, 0.25) is 0 Å². The second kappa shape index (κ2) is 9.94. The van der Waals surface area contributed by atoms with E-state index in [9.17, 15) is 9.59 Å². The summed E-state index contributed by atoms with van der Waals surface area (Å²) < 4.78 is 1.66. The molecular weight excluding hydrogens is 354 g/mol. The van der Waals surface area contributed by atoms with Crippen LogP contribution in [0.4, 0.5) is 5.69 Å². The Labute approximate surface area is 160 Å². The van der Waals surface area contributed by atoms with Crippen molar-refractivity contribution >= 4 is 29.9 Å². The van der Waals surface area contributed by atoms with Crippen molar-refractivity contribution in [1.82, 2.24) is 20.0 Å². The largest absolute Gasteiger partial charge is 0.339 e. The zero-order valence-electron chi connectivity index (χ0n) is 15.5. The Morgan fingerprint density at radius 2 is 2.08 bits per heavy atom. The number of aromatic nitrogens is 2. The van der Waals surface area contributed by atoms with Gasteiger partial charge in [-0.05, 0) is 31.7 Å². The van der Waals surface area contributed by atoms with Gasteiger partial charge in [-0.1, -0.05) is 12.1 Å². The van der Waals surface area contributed by atoms with E-state index < -0.39 is 6.04 Å². The maximum Gasteiger partial charge on any atom is 0.246 e. The molecule has 0 fully saturated rings. The average molecular weight is 380 g/mol. The van der Waals surface area contributed by atoms with Crippen LogP contribution in [0, 0.1) is 0 Å². The Morgan fingerprint density at radius 1 is 1.35 bits per heavy atom. The van der Waals surface area contributed by atoms with Gasteiger partial charge in [0.05, 0.1) is 6.20 Å². The third-order valence-electron chi connectivity index (χ3n) is 4.00. The normalized spacial score (nSPS) is 11.4. The van der Waals surface area contributed by atoms with Crippen molar-refractivity contribution in [3.05, 3.63) is 47.8 Å². The van der Waals surface area contributed by atoms with Crippen LogP contribution < -0.4 is 10.6 Å². The molecule has 2 N–H and O–H groups in total. The molecule has 8 heteroatoms. The summed E-state index contributed by atoms with van der Waals surface area (Å²) in [7, 11) is 3.55. The van der Waals surface area contributed by atoms with Crippen molar-refractivity contribution in [2.75, 3.05) is 18.9 Å². The molecule has 0 saturated carbocycles. The predicted octanol–water partition coefficient (Wildman–Crippen LogP) is 2.11. The van der Waals surface area contributed by atoms with Gasteiger partial charge in [0.25, 0.3) is 0 Å². The summed E-state index contributed by atoms with van der Waals surface area (Å²) in [6.07, 6.45) is 3.48. The van der Waals surface area contributed by atoms with Gasteiger partial charge in [0.15, 0.2) is 0 Å². The highest BCUT2D eigenvalue weighted by Crippen LogP contribution is 2.17. The summed E-state index contributed by atoms with van der Waals surface area (Å²) >= 11 is 0. The highest BCUT2D eigenvalue weighted by molar-refractivity contribution is 5.95. The number of anilines is 1. The Hall–Kier alpha value is -2.38. The zero-order chi connectivity index (χ0) is 18.4. The Bertz CT molecular complexity index is 747. The standard InChI is InChI=1S/C18H25N5O2.ClH/c1-5-23(13(2)24)11-14-7-6-8-16(9-14)21-18(25)17(19-3)15-10-20-22(4)12-15;/h6-10,12,17,19H,5,11H2,1-4H3,(H,21,25);1H. The molecule has 1 aromatic heterocycles. The van der Waals surface area contributed by atoms with Gasteiger partial charge in [-0.15, -0.1) is 12.4 Å². The molecule has 0 saturated heterocycles. The van der Waals surface area contributed by atoms with Crippen molar-refractivity contribution in [3.8, 4) is 0 Å². The van der Waals surface area contributed by atoms with E-state index in [1.165, 1.54) is 0 Å². The number of aryl methyl sites for hydroxylation is 1. The van der Waals surface area contributed by atoms with Crippen LogP contribution in [0.1, 0.15) is 31.0 Å². The smallest absolute Gasteiger partial charge is 0.246 e. The van der Waals surface area contributed by atoms with E-state index in [4.69, 9.17) is 0 Å². The molecule has 0 bridgehead atoms. The molecule has 1 atom stereocenters. The number of amides is 2. The van der Waals surface area contributed by atoms with Gasteiger partial charge >= 0.3 is 0 Å². The number of hydrogen-bond donors (Lipinski definition) is 2. The number of halogens is 1. The first-order chi connectivity index (χ1) is 11.9. The first kappa shape index (κ1) is 21.7. The predicted molar refractivity (Wildman–Crippen MR) is 104 cm³/mol. The fourth-order valence-electron chi connectivity index (χ4n) is 2.67. The molecule has 2 rings (SSSR count). The number of hydrogen-bond acceptors (Lipinski definition) is 4. The van der Waals surface area contributed by atoms with Gasteiger partial charge in [0.1, 0.15) is 6.04 Å². The third-order valence-corrected chi connectivity index (χ3v) is 4.00. The lowest BCUT2D eigenvalue weighted by molar-refractivity contribution is -0.129. The first-order valence-electron chi connectivity index (χ1n) is 8.25. The van der Waals surface area contributed by atoms with Crippen molar-refractivity contribution in [3.63, 3.8) is 0 Å². The number of nitrogens with zero attached hydrogens (tertiary/aromatic N) is 3. The lowest BCUT2D eigenvalue weighted by Crippen LogP contribution is -2.30. The van der Waals surface area contributed by atoms with E-state index in [2.05, 4.69) is 15.7 Å². The number of rotatable bonds is 7. The second-order valence-corrected chi connectivity index (χ2v) is 5.89. The minimum absolute atomic E-state index is 0. The Morgan fingerprint density at radius 3 is 2.62 bits per heavy atom. The van der Waals surface area contributed by atoms with Crippen molar-refractivity contribution in [1.29, 1.82) is 0 Å². The molecular formula is C18H26ClN5O2. The van der Waals surface area contributed by atoms with Crippen LogP contribution in [-0.4, -0.2) is 40.1 Å². The fourth-order valence-corrected chi connectivity index (χ4v) is 2.67. The van der Waals surface area contributed by atoms with Gasteiger partial charge in [-0.2, -0.15) is 5.10 Å². The van der Waals surface area contributed by atoms with Gasteiger partial charge < -0.3 is 15.5 Å². The zero-order valence-corrected chi connectivity index (χ0v) is 16.3. The molecule has 0 aliphatic carbocycles. The number of carbonyl (C=O) groups excluding carboxylic acids is 2. The number of likely N-dealkylation sites (N-methyl/N-ethyl adjacent to an activating group) is 1. The van der Waals surface area contributed by atoms with Gasteiger partial charge in [0.2, 0.25) is 11.8 Å². The van der Waals surface area contributed by atoms with Gasteiger partial charge in [0, 0.05) is 44.5 Å². The highest BCUT2D eigenvalue weighted by atomic mass is 35.5. The first-order valence-corrected chi connectivity index (χ1v) is 8.25. The van der Waals surface area contributed by atoms with E-state index in [0.717, 1.165) is 11.1 Å². The van der Waals surface area contributed by atoms with E-state index in [-0.39, 0.29) is 24.2 Å². The fraction of sp³-hybridized carbons (Fsp3) is 0.389. The molecule has 1 aromatic carbocycles. The summed E-state index contributed by atoms with van der Waals surface area (Å²) in [6, 6.07) is 7.05. The third kappa shape index (κ3) is 5.57. The Balaban J connectivity index is 0.00000338. The van der Waals surface area contributed by atoms with Crippen molar-refractivity contribution < 1.29 is 9.59 Å². The van der Waals surface area contributed by atoms with Crippen molar-refractivity contribution in [2.45, 2.75) is 26.4 Å². The molecule has 0 aliphatic rings. The van der Waals surface area contributed by atoms with Crippen LogP contribution in [0.3, 0.4) is 0 Å². The highest BCUT2D eigenvalue weighted by Gasteiger charge is 2.20. The summed E-state index contributed by atoms with van der Waals surface area (Å²) in [6.45, 7) is 4.67. The molecule has 2 aromatic rings. The van der Waals surface area contributed by atoms with E-state index in [1.807, 2.05) is 44.4 Å². The topological polar surface area (TPSA) is 79.3 Å². The van der Waals surface area contributed by atoms with Gasteiger partial charge in [-0.25, -0.2) is 0 Å². The van der Waals surface area contributed by atoms with Crippen molar-refractivity contribution in [2.24, 2.45) is 7.05 Å². The maximum atomic E-state index is 12.6. The summed E-state index contributed by atoms with van der Waals surface area (Å²) in [4.78, 5) is 25.9. The van der Waals surface area contributed by atoms with Crippen LogP contribution in [0.25, 0.3) is 0 Å². The van der Waals surface area contributed by atoms with E-state index >= 15 is 0 Å². The maximum absolute atomic E-state index is 12.6. The minimum Gasteiger partial charge on any atom is -0.339 e. The van der Waals surface area contributed by atoms with E-state index in [0.29, 0.717) is 18.8 Å². The summed E-state index contributed by atoms with van der Waals surface area (Å²) in [5, 5.41) is 10.0.